The van der Waals surface area contributed by atoms with Gasteiger partial charge in [-0.1, -0.05) is 5.16 Å². The van der Waals surface area contributed by atoms with E-state index in [4.69, 9.17) is 10.3 Å². The van der Waals surface area contributed by atoms with Crippen LogP contribution in [0, 0.1) is 6.92 Å². The lowest BCUT2D eigenvalue weighted by molar-refractivity contribution is 0.363. The predicted octanol–water partition coefficient (Wildman–Crippen LogP) is 0.968. The summed E-state index contributed by atoms with van der Waals surface area (Å²) in [6.45, 7) is 2.15. The van der Waals surface area contributed by atoms with Crippen molar-refractivity contribution in [2.75, 3.05) is 5.73 Å². The van der Waals surface area contributed by atoms with Gasteiger partial charge in [0.25, 0.3) is 0 Å². The van der Waals surface area contributed by atoms with Crippen molar-refractivity contribution in [1.82, 2.24) is 19.9 Å². The van der Waals surface area contributed by atoms with Crippen LogP contribution in [0.1, 0.15) is 11.7 Å². The van der Waals surface area contributed by atoms with Crippen molar-refractivity contribution in [1.29, 1.82) is 0 Å². The van der Waals surface area contributed by atoms with Crippen LogP contribution in [0.15, 0.2) is 15.2 Å². The Bertz CT molecular complexity index is 449. The van der Waals surface area contributed by atoms with Gasteiger partial charge in [-0.2, -0.15) is 10.1 Å². The summed E-state index contributed by atoms with van der Waals surface area (Å²) in [7, 11) is 0. The maximum absolute atomic E-state index is 5.72. The molecule has 2 heterocycles. The minimum atomic E-state index is 0.387. The standard InChI is InChI=1S/C7H8BrN5O/c1-4-11-6(14-12-4)3-13-7(9)5(8)2-10-13/h2H,3,9H2,1H3. The molecule has 0 unspecified atom stereocenters. The van der Waals surface area contributed by atoms with Crippen molar-refractivity contribution in [3.8, 4) is 0 Å². The van der Waals surface area contributed by atoms with Crippen LogP contribution in [0.2, 0.25) is 0 Å². The molecule has 0 saturated heterocycles. The Kier molecular flexibility index (Phi) is 2.24. The van der Waals surface area contributed by atoms with Crippen LogP contribution in [0.3, 0.4) is 0 Å². The summed E-state index contributed by atoms with van der Waals surface area (Å²) in [4.78, 5) is 4.05. The Labute approximate surface area is 88.2 Å². The molecule has 7 heteroatoms. The SMILES string of the molecule is Cc1noc(Cn2ncc(Br)c2N)n1. The van der Waals surface area contributed by atoms with Crippen LogP contribution in [-0.2, 0) is 6.54 Å². The minimum Gasteiger partial charge on any atom is -0.383 e. The van der Waals surface area contributed by atoms with Crippen LogP contribution in [-0.4, -0.2) is 19.9 Å². The molecule has 6 nitrogen and oxygen atoms in total. The van der Waals surface area contributed by atoms with Gasteiger partial charge >= 0.3 is 0 Å². The van der Waals surface area contributed by atoms with E-state index in [1.165, 1.54) is 0 Å². The number of anilines is 1. The van der Waals surface area contributed by atoms with Gasteiger partial charge in [-0.3, -0.25) is 0 Å². The lowest BCUT2D eigenvalue weighted by Gasteiger charge is -1.98. The van der Waals surface area contributed by atoms with Gasteiger partial charge in [-0.05, 0) is 22.9 Å². The fourth-order valence-electron chi connectivity index (χ4n) is 1.03. The maximum atomic E-state index is 5.72. The molecule has 0 saturated carbocycles. The van der Waals surface area contributed by atoms with Gasteiger partial charge in [0.05, 0.1) is 10.7 Å². The van der Waals surface area contributed by atoms with Crippen molar-refractivity contribution in [3.05, 3.63) is 22.4 Å². The molecular formula is C7H8BrN5O. The smallest absolute Gasteiger partial charge is 0.248 e. The lowest BCUT2D eigenvalue weighted by atomic mass is 10.6. The summed E-state index contributed by atoms with van der Waals surface area (Å²) in [6.07, 6.45) is 1.62. The van der Waals surface area contributed by atoms with E-state index in [9.17, 15) is 0 Å². The van der Waals surface area contributed by atoms with E-state index in [2.05, 4.69) is 31.2 Å². The second kappa shape index (κ2) is 3.41. The molecule has 0 amide bonds. The Morgan fingerprint density at radius 3 is 2.93 bits per heavy atom. The Morgan fingerprint density at radius 2 is 2.43 bits per heavy atom. The maximum Gasteiger partial charge on any atom is 0.248 e. The fourth-order valence-corrected chi connectivity index (χ4v) is 1.33. The summed E-state index contributed by atoms with van der Waals surface area (Å²) in [5, 5.41) is 7.71. The third-order valence-corrected chi connectivity index (χ3v) is 2.30. The molecule has 2 aromatic rings. The van der Waals surface area contributed by atoms with Gasteiger partial charge in [0.2, 0.25) is 5.89 Å². The zero-order valence-corrected chi connectivity index (χ0v) is 9.02. The van der Waals surface area contributed by atoms with Crippen molar-refractivity contribution >= 4 is 21.7 Å². The number of nitrogens with zero attached hydrogens (tertiary/aromatic N) is 4. The van der Waals surface area contributed by atoms with E-state index in [1.807, 2.05) is 0 Å². The number of hydrogen-bond donors (Lipinski definition) is 1. The number of rotatable bonds is 2. The first-order valence-corrected chi connectivity index (χ1v) is 4.72. The number of aromatic nitrogens is 4. The summed E-state index contributed by atoms with van der Waals surface area (Å²) in [6, 6.07) is 0. The molecule has 2 aromatic heterocycles. The highest BCUT2D eigenvalue weighted by Gasteiger charge is 2.08. The van der Waals surface area contributed by atoms with Crippen LogP contribution < -0.4 is 5.73 Å². The van der Waals surface area contributed by atoms with Crippen LogP contribution in [0.25, 0.3) is 0 Å². The molecule has 0 spiro atoms. The van der Waals surface area contributed by atoms with Crippen LogP contribution >= 0.6 is 15.9 Å². The fraction of sp³-hybridized carbons (Fsp3) is 0.286. The Hall–Kier alpha value is -1.37. The van der Waals surface area contributed by atoms with Gasteiger partial charge in [0.1, 0.15) is 12.4 Å². The molecule has 2 rings (SSSR count). The number of halogens is 1. The van der Waals surface area contributed by atoms with E-state index in [1.54, 1.807) is 17.8 Å². The highest BCUT2D eigenvalue weighted by atomic mass is 79.9. The molecule has 74 valence electrons. The van der Waals surface area contributed by atoms with E-state index in [0.717, 1.165) is 4.47 Å². The zero-order valence-electron chi connectivity index (χ0n) is 7.44. The molecule has 14 heavy (non-hydrogen) atoms. The summed E-state index contributed by atoms with van der Waals surface area (Å²) in [5.41, 5.74) is 5.72. The normalized spacial score (nSPS) is 10.7. The van der Waals surface area contributed by atoms with Crippen molar-refractivity contribution in [2.24, 2.45) is 0 Å². The number of hydrogen-bond acceptors (Lipinski definition) is 5. The molecule has 0 aromatic carbocycles. The van der Waals surface area contributed by atoms with E-state index in [-0.39, 0.29) is 0 Å². The lowest BCUT2D eigenvalue weighted by Crippen LogP contribution is -2.06. The molecule has 0 atom stereocenters. The Balaban J connectivity index is 2.22. The summed E-state index contributed by atoms with van der Waals surface area (Å²) >= 11 is 3.26. The van der Waals surface area contributed by atoms with Gasteiger partial charge in [0, 0.05) is 0 Å². The minimum absolute atomic E-state index is 0.387. The highest BCUT2D eigenvalue weighted by molar-refractivity contribution is 9.10. The third kappa shape index (κ3) is 1.63. The first-order valence-electron chi connectivity index (χ1n) is 3.93. The number of nitrogens with two attached hydrogens (primary N) is 1. The molecule has 0 radical (unpaired) electrons. The zero-order chi connectivity index (χ0) is 10.1. The quantitative estimate of drug-likeness (QED) is 0.867. The molecular weight excluding hydrogens is 250 g/mol. The number of nitrogen functional groups attached to an aromatic ring is 1. The predicted molar refractivity (Wildman–Crippen MR) is 52.5 cm³/mol. The van der Waals surface area contributed by atoms with E-state index < -0.39 is 0 Å². The largest absolute Gasteiger partial charge is 0.383 e. The molecule has 0 fully saturated rings. The molecule has 0 aliphatic heterocycles. The van der Waals surface area contributed by atoms with E-state index in [0.29, 0.717) is 24.1 Å². The van der Waals surface area contributed by atoms with Crippen LogP contribution in [0.4, 0.5) is 5.82 Å². The van der Waals surface area contributed by atoms with Crippen molar-refractivity contribution in [3.63, 3.8) is 0 Å². The van der Waals surface area contributed by atoms with Crippen LogP contribution in [0.5, 0.6) is 0 Å². The molecule has 0 aliphatic carbocycles. The third-order valence-electron chi connectivity index (χ3n) is 1.69. The summed E-state index contributed by atoms with van der Waals surface area (Å²) in [5.74, 6) is 1.63. The van der Waals surface area contributed by atoms with Gasteiger partial charge in [-0.25, -0.2) is 4.68 Å². The van der Waals surface area contributed by atoms with Gasteiger partial charge < -0.3 is 10.3 Å². The van der Waals surface area contributed by atoms with Crippen molar-refractivity contribution < 1.29 is 4.52 Å². The average Bonchev–Trinajstić information content (AvgIpc) is 2.67. The first kappa shape index (κ1) is 9.20. The van der Waals surface area contributed by atoms with E-state index >= 15 is 0 Å². The average molecular weight is 258 g/mol. The topological polar surface area (TPSA) is 82.8 Å². The molecule has 0 aliphatic rings. The second-order valence-electron chi connectivity index (χ2n) is 2.77. The van der Waals surface area contributed by atoms with Gasteiger partial charge in [-0.15, -0.1) is 0 Å². The molecule has 0 bridgehead atoms. The monoisotopic (exact) mass is 257 g/mol. The first-order chi connectivity index (χ1) is 6.66. The van der Waals surface area contributed by atoms with Crippen molar-refractivity contribution in [2.45, 2.75) is 13.5 Å². The molecule has 2 N–H and O–H groups in total. The number of aryl methyl sites for hydroxylation is 1. The highest BCUT2D eigenvalue weighted by Crippen LogP contribution is 2.18. The second-order valence-corrected chi connectivity index (χ2v) is 3.63. The van der Waals surface area contributed by atoms with Gasteiger partial charge in [0.15, 0.2) is 5.82 Å². The Morgan fingerprint density at radius 1 is 1.64 bits per heavy atom. The summed E-state index contributed by atoms with van der Waals surface area (Å²) < 4.78 is 7.28.